The molecular weight excluding hydrogens is 250 g/mol. The number of carbonyl (C=O) groups is 1. The van der Waals surface area contributed by atoms with E-state index >= 15 is 0 Å². The molecule has 1 N–H and O–H groups in total. The molecule has 1 aromatic rings. The van der Waals surface area contributed by atoms with Crippen molar-refractivity contribution < 1.29 is 9.53 Å². The highest BCUT2D eigenvalue weighted by atomic mass is 35.5. The second-order valence-electron chi connectivity index (χ2n) is 3.77. The number of carbonyl (C=O) groups excluding carboxylic acids is 1. The molecule has 2 rings (SSSR count). The molecule has 1 amide bonds. The molecule has 1 fully saturated rings. The molecule has 0 aliphatic carbocycles. The first-order chi connectivity index (χ1) is 7.76. The molecule has 0 aromatic carbocycles. The van der Waals surface area contributed by atoms with Crippen molar-refractivity contribution in [1.29, 1.82) is 0 Å². The Balaban J connectivity index is 2.03. The van der Waals surface area contributed by atoms with E-state index in [0.29, 0.717) is 24.8 Å². The molecule has 7 heteroatoms. The molecule has 1 aliphatic rings. The van der Waals surface area contributed by atoms with Crippen LogP contribution in [0.5, 0.6) is 0 Å². The maximum Gasteiger partial charge on any atom is 0.273 e. The average Bonchev–Trinajstić information content (AvgIpc) is 2.84. The molecule has 1 aromatic heterocycles. The maximum atomic E-state index is 11.8. The van der Waals surface area contributed by atoms with Gasteiger partial charge in [-0.05, 0) is 24.4 Å². The van der Waals surface area contributed by atoms with E-state index in [0.717, 1.165) is 24.4 Å². The monoisotopic (exact) mass is 261 g/mol. The van der Waals surface area contributed by atoms with E-state index in [1.165, 1.54) is 0 Å². The van der Waals surface area contributed by atoms with E-state index in [1.54, 1.807) is 5.38 Å². The number of aromatic nitrogens is 2. The molecular formula is C9H12ClN3O2S. The van der Waals surface area contributed by atoms with Gasteiger partial charge in [-0.3, -0.25) is 4.79 Å². The fourth-order valence-electron chi connectivity index (χ4n) is 1.62. The summed E-state index contributed by atoms with van der Waals surface area (Å²) in [5.41, 5.74) is -0.0125. The molecule has 2 heterocycles. The Morgan fingerprint density at radius 2 is 2.38 bits per heavy atom. The van der Waals surface area contributed by atoms with E-state index in [-0.39, 0.29) is 11.4 Å². The van der Waals surface area contributed by atoms with E-state index in [2.05, 4.69) is 14.9 Å². The quantitative estimate of drug-likeness (QED) is 0.827. The standard InChI is InChI=1S/C9H12ClN3O2S/c10-6-9(1-3-15-4-2-9)11-8(14)7-5-16-13-12-7/h5H,1-4,6H2,(H,11,14). The Morgan fingerprint density at radius 1 is 1.62 bits per heavy atom. The van der Waals surface area contributed by atoms with Crippen LogP contribution in [0.15, 0.2) is 5.38 Å². The molecule has 0 unspecified atom stereocenters. The first kappa shape index (κ1) is 11.8. The predicted octanol–water partition coefficient (Wildman–Crippen LogP) is 1.06. The molecule has 0 radical (unpaired) electrons. The van der Waals surface area contributed by atoms with Gasteiger partial charge in [-0.25, -0.2) is 0 Å². The van der Waals surface area contributed by atoms with Crippen molar-refractivity contribution in [2.75, 3.05) is 19.1 Å². The zero-order valence-electron chi connectivity index (χ0n) is 8.61. The van der Waals surface area contributed by atoms with Crippen molar-refractivity contribution >= 4 is 29.0 Å². The predicted molar refractivity (Wildman–Crippen MR) is 60.9 cm³/mol. The minimum absolute atomic E-state index is 0.212. The Morgan fingerprint density at radius 3 is 2.94 bits per heavy atom. The van der Waals surface area contributed by atoms with E-state index < -0.39 is 0 Å². The number of amides is 1. The molecule has 1 saturated heterocycles. The first-order valence-corrected chi connectivity index (χ1v) is 6.36. The summed E-state index contributed by atoms with van der Waals surface area (Å²) in [6.45, 7) is 1.25. The lowest BCUT2D eigenvalue weighted by Crippen LogP contribution is -2.53. The minimum atomic E-state index is -0.361. The topological polar surface area (TPSA) is 64.1 Å². The summed E-state index contributed by atoms with van der Waals surface area (Å²) >= 11 is 7.10. The minimum Gasteiger partial charge on any atom is -0.381 e. The third-order valence-electron chi connectivity index (χ3n) is 2.68. The smallest absolute Gasteiger partial charge is 0.273 e. The molecule has 16 heavy (non-hydrogen) atoms. The van der Waals surface area contributed by atoms with Crippen molar-refractivity contribution in [1.82, 2.24) is 14.9 Å². The number of halogens is 1. The van der Waals surface area contributed by atoms with Crippen molar-refractivity contribution in [2.45, 2.75) is 18.4 Å². The van der Waals surface area contributed by atoms with Gasteiger partial charge < -0.3 is 10.1 Å². The molecule has 5 nitrogen and oxygen atoms in total. The van der Waals surface area contributed by atoms with Gasteiger partial charge in [-0.15, -0.1) is 16.7 Å². The second-order valence-corrected chi connectivity index (χ2v) is 4.65. The fraction of sp³-hybridized carbons (Fsp3) is 0.667. The summed E-state index contributed by atoms with van der Waals surface area (Å²) in [5, 5.41) is 8.29. The SMILES string of the molecule is O=C(NC1(CCl)CCOCC1)c1csnn1. The first-order valence-electron chi connectivity index (χ1n) is 4.99. The van der Waals surface area contributed by atoms with Crippen LogP contribution in [-0.2, 0) is 4.74 Å². The van der Waals surface area contributed by atoms with Gasteiger partial charge in [0.15, 0.2) is 5.69 Å². The third kappa shape index (κ3) is 2.50. The van der Waals surface area contributed by atoms with Crippen LogP contribution in [0, 0.1) is 0 Å². The van der Waals surface area contributed by atoms with Gasteiger partial charge in [-0.1, -0.05) is 4.49 Å². The van der Waals surface area contributed by atoms with E-state index in [1.807, 2.05) is 0 Å². The normalized spacial score (nSPS) is 19.3. The molecule has 1 aliphatic heterocycles. The van der Waals surface area contributed by atoms with Gasteiger partial charge in [0.25, 0.3) is 5.91 Å². The van der Waals surface area contributed by atoms with E-state index in [4.69, 9.17) is 16.3 Å². The van der Waals surface area contributed by atoms with Crippen LogP contribution in [0.25, 0.3) is 0 Å². The van der Waals surface area contributed by atoms with Crippen LogP contribution < -0.4 is 5.32 Å². The summed E-state index contributed by atoms with van der Waals surface area (Å²) in [4.78, 5) is 11.8. The summed E-state index contributed by atoms with van der Waals surface area (Å²) < 4.78 is 8.92. The summed E-state index contributed by atoms with van der Waals surface area (Å²) in [6.07, 6.45) is 1.47. The number of ether oxygens (including phenoxy) is 1. The summed E-state index contributed by atoms with van der Waals surface area (Å²) in [6, 6.07) is 0. The lowest BCUT2D eigenvalue weighted by molar-refractivity contribution is 0.0432. The molecule has 88 valence electrons. The van der Waals surface area contributed by atoms with Crippen LogP contribution >= 0.6 is 23.1 Å². The number of nitrogens with zero attached hydrogens (tertiary/aromatic N) is 2. The van der Waals surface area contributed by atoms with Crippen molar-refractivity contribution in [3.05, 3.63) is 11.1 Å². The van der Waals surface area contributed by atoms with Gasteiger partial charge in [0.2, 0.25) is 0 Å². The van der Waals surface area contributed by atoms with Gasteiger partial charge >= 0.3 is 0 Å². The Hall–Kier alpha value is -0.720. The Labute approximate surface area is 102 Å². The Bertz CT molecular complexity index is 352. The average molecular weight is 262 g/mol. The van der Waals surface area contributed by atoms with Crippen LogP contribution in [-0.4, -0.2) is 40.1 Å². The van der Waals surface area contributed by atoms with Crippen LogP contribution in [0.2, 0.25) is 0 Å². The molecule has 0 atom stereocenters. The second kappa shape index (κ2) is 5.07. The lowest BCUT2D eigenvalue weighted by Gasteiger charge is -2.35. The highest BCUT2D eigenvalue weighted by Crippen LogP contribution is 2.22. The van der Waals surface area contributed by atoms with Crippen LogP contribution in [0.1, 0.15) is 23.3 Å². The van der Waals surface area contributed by atoms with Crippen molar-refractivity contribution in [3.63, 3.8) is 0 Å². The van der Waals surface area contributed by atoms with E-state index in [9.17, 15) is 4.79 Å². The number of alkyl halides is 1. The lowest BCUT2D eigenvalue weighted by atomic mass is 9.92. The van der Waals surface area contributed by atoms with Gasteiger partial charge in [-0.2, -0.15) is 0 Å². The summed E-state index contributed by atoms with van der Waals surface area (Å²) in [7, 11) is 0. The zero-order valence-corrected chi connectivity index (χ0v) is 10.2. The van der Waals surface area contributed by atoms with Crippen molar-refractivity contribution in [3.8, 4) is 0 Å². The highest BCUT2D eigenvalue weighted by molar-refractivity contribution is 7.03. The molecule has 0 spiro atoms. The summed E-state index contributed by atoms with van der Waals surface area (Å²) in [5.74, 6) is 0.177. The number of hydrogen-bond acceptors (Lipinski definition) is 5. The van der Waals surface area contributed by atoms with Crippen molar-refractivity contribution in [2.24, 2.45) is 0 Å². The van der Waals surface area contributed by atoms with Gasteiger partial charge in [0.1, 0.15) is 0 Å². The largest absolute Gasteiger partial charge is 0.381 e. The molecule has 0 bridgehead atoms. The van der Waals surface area contributed by atoms with Crippen LogP contribution in [0.3, 0.4) is 0 Å². The van der Waals surface area contributed by atoms with Crippen LogP contribution in [0.4, 0.5) is 0 Å². The fourth-order valence-corrected chi connectivity index (χ4v) is 2.39. The number of nitrogens with one attached hydrogen (secondary N) is 1. The van der Waals surface area contributed by atoms with Gasteiger partial charge in [0, 0.05) is 24.5 Å². The third-order valence-corrected chi connectivity index (χ3v) is 3.69. The highest BCUT2D eigenvalue weighted by Gasteiger charge is 2.34. The molecule has 0 saturated carbocycles. The maximum absolute atomic E-state index is 11.8. The zero-order chi connectivity index (χ0) is 11.4. The number of rotatable bonds is 3. The Kier molecular flexibility index (Phi) is 3.73. The van der Waals surface area contributed by atoms with Gasteiger partial charge in [0.05, 0.1) is 5.54 Å². The number of hydrogen-bond donors (Lipinski definition) is 1.